The van der Waals surface area contributed by atoms with Crippen molar-refractivity contribution in [2.45, 2.75) is 20.3 Å². The van der Waals surface area contributed by atoms with Crippen LogP contribution >= 0.6 is 12.2 Å². The monoisotopic (exact) mass is 232 g/mol. The number of rotatable bonds is 6. The van der Waals surface area contributed by atoms with Crippen LogP contribution in [0.2, 0.25) is 0 Å². The van der Waals surface area contributed by atoms with Crippen molar-refractivity contribution in [3.05, 3.63) is 0 Å². The summed E-state index contributed by atoms with van der Waals surface area (Å²) in [7, 11) is 0. The van der Waals surface area contributed by atoms with E-state index in [-0.39, 0.29) is 17.4 Å². The molecule has 0 aromatic heterocycles. The van der Waals surface area contributed by atoms with Gasteiger partial charge >= 0.3 is 5.97 Å². The Morgan fingerprint density at radius 1 is 1.47 bits per heavy atom. The molecule has 0 saturated heterocycles. The third-order valence-corrected chi connectivity index (χ3v) is 2.06. The lowest BCUT2D eigenvalue weighted by Crippen LogP contribution is -2.40. The Hall–Kier alpha value is -1.17. The summed E-state index contributed by atoms with van der Waals surface area (Å²) in [5, 5.41) is 2.42. The molecule has 0 aliphatic carbocycles. The summed E-state index contributed by atoms with van der Waals surface area (Å²) < 4.78 is 4.65. The van der Waals surface area contributed by atoms with E-state index in [0.717, 1.165) is 0 Å². The van der Waals surface area contributed by atoms with E-state index in [1.165, 1.54) is 0 Å². The number of hydrogen-bond donors (Lipinski definition) is 2. The highest BCUT2D eigenvalue weighted by molar-refractivity contribution is 7.80. The van der Waals surface area contributed by atoms with E-state index in [2.05, 4.69) is 10.1 Å². The molecule has 5 nitrogen and oxygen atoms in total. The van der Waals surface area contributed by atoms with Crippen molar-refractivity contribution in [1.29, 1.82) is 0 Å². The van der Waals surface area contributed by atoms with Crippen LogP contribution < -0.4 is 11.1 Å². The second-order valence-corrected chi connectivity index (χ2v) is 3.36. The predicted molar refractivity (Wildman–Crippen MR) is 60.2 cm³/mol. The zero-order chi connectivity index (χ0) is 11.8. The molecule has 0 aromatic rings. The molecule has 0 rings (SSSR count). The van der Waals surface area contributed by atoms with Crippen molar-refractivity contribution < 1.29 is 14.3 Å². The van der Waals surface area contributed by atoms with Crippen LogP contribution in [0.1, 0.15) is 20.3 Å². The molecule has 0 heterocycles. The average Bonchev–Trinajstić information content (AvgIpc) is 2.15. The molecular formula is C9H16N2O3S. The van der Waals surface area contributed by atoms with Gasteiger partial charge in [-0.25, -0.2) is 0 Å². The van der Waals surface area contributed by atoms with E-state index < -0.39 is 11.9 Å². The summed E-state index contributed by atoms with van der Waals surface area (Å²) in [6.07, 6.45) is 0.518. The van der Waals surface area contributed by atoms with Gasteiger partial charge in [-0.1, -0.05) is 19.1 Å². The van der Waals surface area contributed by atoms with Crippen molar-refractivity contribution in [2.75, 3.05) is 13.2 Å². The molecule has 0 fully saturated rings. The molecular weight excluding hydrogens is 216 g/mol. The van der Waals surface area contributed by atoms with Gasteiger partial charge in [0.15, 0.2) is 0 Å². The molecule has 0 bridgehead atoms. The minimum Gasteiger partial charge on any atom is -0.465 e. The van der Waals surface area contributed by atoms with Crippen molar-refractivity contribution in [2.24, 2.45) is 11.7 Å². The van der Waals surface area contributed by atoms with Gasteiger partial charge in [0.1, 0.15) is 6.54 Å². The number of ether oxygens (including phenoxy) is 1. The number of amides is 1. The normalized spacial score (nSPS) is 11.6. The van der Waals surface area contributed by atoms with Crippen LogP contribution in [-0.2, 0) is 14.3 Å². The molecule has 15 heavy (non-hydrogen) atoms. The highest BCUT2D eigenvalue weighted by Gasteiger charge is 2.19. The number of nitrogens with one attached hydrogen (secondary N) is 1. The van der Waals surface area contributed by atoms with E-state index in [1.807, 2.05) is 0 Å². The lowest BCUT2D eigenvalue weighted by molar-refractivity contribution is -0.143. The Morgan fingerprint density at radius 2 is 2.07 bits per heavy atom. The smallest absolute Gasteiger partial charge is 0.325 e. The van der Waals surface area contributed by atoms with Gasteiger partial charge in [-0.2, -0.15) is 0 Å². The van der Waals surface area contributed by atoms with Gasteiger partial charge in [0.25, 0.3) is 0 Å². The first kappa shape index (κ1) is 13.8. The SMILES string of the molecule is CCOC(=O)CNC(=O)C(CC)C(N)=S. The zero-order valence-electron chi connectivity index (χ0n) is 8.91. The molecule has 0 aliphatic rings. The molecule has 0 aliphatic heterocycles. The standard InChI is InChI=1S/C9H16N2O3S/c1-3-6(8(10)15)9(13)11-5-7(12)14-4-2/h6H,3-5H2,1-2H3,(H2,10,15)(H,11,13). The number of nitrogens with two attached hydrogens (primary N) is 1. The molecule has 1 unspecified atom stereocenters. The van der Waals surface area contributed by atoms with Crippen LogP contribution in [0, 0.1) is 5.92 Å². The van der Waals surface area contributed by atoms with Crippen LogP contribution in [0.3, 0.4) is 0 Å². The van der Waals surface area contributed by atoms with Gasteiger partial charge < -0.3 is 15.8 Å². The third-order valence-electron chi connectivity index (χ3n) is 1.78. The minimum atomic E-state index is -0.519. The largest absolute Gasteiger partial charge is 0.465 e. The maximum atomic E-state index is 11.4. The minimum absolute atomic E-state index is 0.138. The first-order valence-electron chi connectivity index (χ1n) is 4.75. The number of carbonyl (C=O) groups is 2. The van der Waals surface area contributed by atoms with E-state index in [9.17, 15) is 9.59 Å². The lowest BCUT2D eigenvalue weighted by Gasteiger charge is -2.12. The number of esters is 1. The highest BCUT2D eigenvalue weighted by Crippen LogP contribution is 2.02. The Balaban J connectivity index is 4.01. The fourth-order valence-corrected chi connectivity index (χ4v) is 1.28. The topological polar surface area (TPSA) is 81.4 Å². The third kappa shape index (κ3) is 5.31. The Labute approximate surface area is 94.3 Å². The fraction of sp³-hybridized carbons (Fsp3) is 0.667. The van der Waals surface area contributed by atoms with Gasteiger partial charge in [-0.3, -0.25) is 9.59 Å². The summed E-state index contributed by atoms with van der Waals surface area (Å²) in [6.45, 7) is 3.64. The van der Waals surface area contributed by atoms with Gasteiger partial charge in [-0.05, 0) is 13.3 Å². The van der Waals surface area contributed by atoms with Gasteiger partial charge in [0, 0.05) is 0 Å². The Morgan fingerprint density at radius 3 is 2.47 bits per heavy atom. The van der Waals surface area contributed by atoms with E-state index >= 15 is 0 Å². The molecule has 0 radical (unpaired) electrons. The first-order valence-corrected chi connectivity index (χ1v) is 5.16. The second kappa shape index (κ2) is 7.17. The van der Waals surface area contributed by atoms with E-state index in [0.29, 0.717) is 13.0 Å². The molecule has 1 atom stereocenters. The summed E-state index contributed by atoms with van der Waals surface area (Å²) in [4.78, 5) is 22.5. The molecule has 0 saturated carbocycles. The van der Waals surface area contributed by atoms with E-state index in [4.69, 9.17) is 18.0 Å². The van der Waals surface area contributed by atoms with Crippen LogP contribution in [0.4, 0.5) is 0 Å². The Kier molecular flexibility index (Phi) is 6.61. The van der Waals surface area contributed by atoms with Crippen molar-refractivity contribution in [3.63, 3.8) is 0 Å². The summed E-state index contributed by atoms with van der Waals surface area (Å²) in [5.74, 6) is -1.32. The molecule has 3 N–H and O–H groups in total. The van der Waals surface area contributed by atoms with Gasteiger partial charge in [-0.15, -0.1) is 0 Å². The molecule has 0 spiro atoms. The lowest BCUT2D eigenvalue weighted by atomic mass is 10.1. The fourth-order valence-electron chi connectivity index (χ4n) is 1.01. The van der Waals surface area contributed by atoms with Crippen LogP contribution in [-0.4, -0.2) is 30.0 Å². The number of carbonyl (C=O) groups excluding carboxylic acids is 2. The molecule has 1 amide bonds. The van der Waals surface area contributed by atoms with Crippen molar-refractivity contribution >= 4 is 29.1 Å². The molecule has 0 aromatic carbocycles. The zero-order valence-corrected chi connectivity index (χ0v) is 9.73. The van der Waals surface area contributed by atoms with Crippen LogP contribution in [0.15, 0.2) is 0 Å². The average molecular weight is 232 g/mol. The molecule has 6 heteroatoms. The summed E-state index contributed by atoms with van der Waals surface area (Å²) in [5.41, 5.74) is 5.37. The quantitative estimate of drug-likeness (QED) is 0.497. The van der Waals surface area contributed by atoms with Gasteiger partial charge in [0.2, 0.25) is 5.91 Å². The second-order valence-electron chi connectivity index (χ2n) is 2.89. The first-order chi connectivity index (χ1) is 7.02. The summed E-state index contributed by atoms with van der Waals surface area (Å²) in [6, 6.07) is 0. The summed E-state index contributed by atoms with van der Waals surface area (Å²) >= 11 is 4.72. The molecule has 86 valence electrons. The van der Waals surface area contributed by atoms with Crippen LogP contribution in [0.5, 0.6) is 0 Å². The van der Waals surface area contributed by atoms with Crippen LogP contribution in [0.25, 0.3) is 0 Å². The maximum Gasteiger partial charge on any atom is 0.325 e. The number of hydrogen-bond acceptors (Lipinski definition) is 4. The highest BCUT2D eigenvalue weighted by atomic mass is 32.1. The van der Waals surface area contributed by atoms with Crippen molar-refractivity contribution in [1.82, 2.24) is 5.32 Å². The van der Waals surface area contributed by atoms with E-state index in [1.54, 1.807) is 13.8 Å². The predicted octanol–water partition coefficient (Wildman–Crippen LogP) is -0.0220. The Bertz CT molecular complexity index is 256. The number of thiocarbonyl (C=S) groups is 1. The van der Waals surface area contributed by atoms with Crippen molar-refractivity contribution in [3.8, 4) is 0 Å². The maximum absolute atomic E-state index is 11.4. The van der Waals surface area contributed by atoms with Gasteiger partial charge in [0.05, 0.1) is 17.5 Å².